The average Bonchev–Trinajstić information content (AvgIpc) is 2.48. The van der Waals surface area contributed by atoms with Crippen LogP contribution in [-0.4, -0.2) is 35.9 Å². The summed E-state index contributed by atoms with van der Waals surface area (Å²) in [5.41, 5.74) is -0.505. The van der Waals surface area contributed by atoms with E-state index in [-0.39, 0.29) is 12.5 Å². The van der Waals surface area contributed by atoms with Crippen molar-refractivity contribution in [1.82, 2.24) is 4.90 Å². The first-order valence-corrected chi connectivity index (χ1v) is 5.91. The van der Waals surface area contributed by atoms with E-state index in [0.29, 0.717) is 6.54 Å². The Hall–Kier alpha value is -0.800. The minimum Gasteiger partial charge on any atom is -0.444 e. The molecule has 0 aromatic carbocycles. The van der Waals surface area contributed by atoms with Crippen LogP contribution in [0.25, 0.3) is 0 Å². The first-order chi connectivity index (χ1) is 7.29. The lowest BCUT2D eigenvalue weighted by molar-refractivity contribution is 0.0281. The van der Waals surface area contributed by atoms with E-state index in [9.17, 15) is 9.18 Å². The summed E-state index contributed by atoms with van der Waals surface area (Å²) in [5.74, 6) is -0.0810. The fourth-order valence-corrected chi connectivity index (χ4v) is 1.40. The van der Waals surface area contributed by atoms with Crippen LogP contribution < -0.4 is 0 Å². The highest BCUT2D eigenvalue weighted by atomic mass is 19.1. The van der Waals surface area contributed by atoms with Crippen LogP contribution in [0.2, 0.25) is 0 Å². The maximum Gasteiger partial charge on any atom is 0.410 e. The standard InChI is InChI=1S/C10H18FNO2.C2H6/c1-7-5-12(6-8(7)11)9(13)14-10(2,3)4;1-2/h7-8H,5-6H2,1-4H3;1-2H3/t7-,8-;/m0./s1. The lowest BCUT2D eigenvalue weighted by Gasteiger charge is -2.24. The zero-order valence-corrected chi connectivity index (χ0v) is 11.2. The summed E-state index contributed by atoms with van der Waals surface area (Å²) < 4.78 is 18.2. The van der Waals surface area contributed by atoms with Crippen molar-refractivity contribution in [1.29, 1.82) is 0 Å². The molecule has 0 aromatic heterocycles. The molecule has 4 heteroatoms. The number of hydrogen-bond acceptors (Lipinski definition) is 2. The van der Waals surface area contributed by atoms with Gasteiger partial charge < -0.3 is 9.64 Å². The van der Waals surface area contributed by atoms with Gasteiger partial charge in [-0.05, 0) is 20.8 Å². The van der Waals surface area contributed by atoms with Gasteiger partial charge in [-0.15, -0.1) is 0 Å². The van der Waals surface area contributed by atoms with Gasteiger partial charge in [0.25, 0.3) is 0 Å². The Labute approximate surface area is 98.0 Å². The third-order valence-electron chi connectivity index (χ3n) is 2.17. The second-order valence-electron chi connectivity index (χ2n) is 4.88. The summed E-state index contributed by atoms with van der Waals surface area (Å²) in [6.07, 6.45) is -1.33. The van der Waals surface area contributed by atoms with Crippen molar-refractivity contribution < 1.29 is 13.9 Å². The van der Waals surface area contributed by atoms with Gasteiger partial charge in [-0.1, -0.05) is 20.8 Å². The minimum atomic E-state index is -0.914. The van der Waals surface area contributed by atoms with E-state index >= 15 is 0 Å². The van der Waals surface area contributed by atoms with Crippen LogP contribution in [0.4, 0.5) is 9.18 Å². The quantitative estimate of drug-likeness (QED) is 0.643. The Bertz CT molecular complexity index is 216. The van der Waals surface area contributed by atoms with Crippen molar-refractivity contribution in [3.05, 3.63) is 0 Å². The first-order valence-electron chi connectivity index (χ1n) is 5.91. The maximum absolute atomic E-state index is 13.1. The summed E-state index contributed by atoms with van der Waals surface area (Å²) in [5, 5.41) is 0. The maximum atomic E-state index is 13.1. The van der Waals surface area contributed by atoms with E-state index in [1.165, 1.54) is 4.90 Å². The zero-order valence-electron chi connectivity index (χ0n) is 11.2. The van der Waals surface area contributed by atoms with Crippen LogP contribution in [0.3, 0.4) is 0 Å². The van der Waals surface area contributed by atoms with Gasteiger partial charge in [0.05, 0.1) is 6.54 Å². The fraction of sp³-hybridized carbons (Fsp3) is 0.917. The Morgan fingerprint density at radius 3 is 2.12 bits per heavy atom. The van der Waals surface area contributed by atoms with Gasteiger partial charge in [-0.3, -0.25) is 0 Å². The molecule has 0 radical (unpaired) electrons. The van der Waals surface area contributed by atoms with Gasteiger partial charge in [-0.2, -0.15) is 0 Å². The van der Waals surface area contributed by atoms with Gasteiger partial charge in [-0.25, -0.2) is 9.18 Å². The molecule has 1 aliphatic rings. The van der Waals surface area contributed by atoms with Crippen molar-refractivity contribution in [3.8, 4) is 0 Å². The Morgan fingerprint density at radius 1 is 1.31 bits per heavy atom. The number of ether oxygens (including phenoxy) is 1. The summed E-state index contributed by atoms with van der Waals surface area (Å²) in [6.45, 7) is 11.8. The predicted octanol–water partition coefficient (Wildman–Crippen LogP) is 3.24. The van der Waals surface area contributed by atoms with E-state index in [4.69, 9.17) is 4.74 Å². The molecule has 0 bridgehead atoms. The lowest BCUT2D eigenvalue weighted by Crippen LogP contribution is -2.35. The third-order valence-corrected chi connectivity index (χ3v) is 2.17. The van der Waals surface area contributed by atoms with Crippen LogP contribution >= 0.6 is 0 Å². The highest BCUT2D eigenvalue weighted by molar-refractivity contribution is 5.68. The molecule has 1 saturated heterocycles. The third kappa shape index (κ3) is 4.81. The van der Waals surface area contributed by atoms with Gasteiger partial charge in [0.2, 0.25) is 0 Å². The van der Waals surface area contributed by atoms with Gasteiger partial charge in [0, 0.05) is 12.5 Å². The number of carbonyl (C=O) groups is 1. The van der Waals surface area contributed by atoms with Crippen molar-refractivity contribution in [2.45, 2.75) is 53.3 Å². The van der Waals surface area contributed by atoms with Gasteiger partial charge in [0.1, 0.15) is 11.8 Å². The Balaban J connectivity index is 0.00000106. The number of halogens is 1. The molecule has 0 spiro atoms. The molecule has 0 saturated carbocycles. The van der Waals surface area contributed by atoms with Crippen LogP contribution in [-0.2, 0) is 4.74 Å². The molecule has 1 fully saturated rings. The van der Waals surface area contributed by atoms with Crippen molar-refractivity contribution in [3.63, 3.8) is 0 Å². The highest BCUT2D eigenvalue weighted by Crippen LogP contribution is 2.21. The summed E-state index contributed by atoms with van der Waals surface area (Å²) >= 11 is 0. The monoisotopic (exact) mass is 233 g/mol. The molecule has 1 amide bonds. The van der Waals surface area contributed by atoms with Crippen LogP contribution in [0.5, 0.6) is 0 Å². The number of likely N-dealkylation sites (tertiary alicyclic amines) is 1. The normalized spacial score (nSPS) is 24.8. The molecule has 1 aliphatic heterocycles. The Morgan fingerprint density at radius 2 is 1.81 bits per heavy atom. The first kappa shape index (κ1) is 15.2. The number of amides is 1. The SMILES string of the molecule is CC.C[C@H]1CN(C(=O)OC(C)(C)C)C[C@@H]1F. The van der Waals surface area contributed by atoms with E-state index in [1.54, 1.807) is 27.7 Å². The van der Waals surface area contributed by atoms with Crippen LogP contribution in [0.15, 0.2) is 0 Å². The van der Waals surface area contributed by atoms with Gasteiger partial charge >= 0.3 is 6.09 Å². The second kappa shape index (κ2) is 6.06. The molecule has 0 aromatic rings. The number of carbonyl (C=O) groups excluding carboxylic acids is 1. The summed E-state index contributed by atoms with van der Waals surface area (Å²) in [4.78, 5) is 12.9. The molecule has 3 nitrogen and oxygen atoms in total. The number of alkyl halides is 1. The molecular weight excluding hydrogens is 209 g/mol. The average molecular weight is 233 g/mol. The fourth-order valence-electron chi connectivity index (χ4n) is 1.40. The largest absolute Gasteiger partial charge is 0.444 e. The number of rotatable bonds is 0. The smallest absolute Gasteiger partial charge is 0.410 e. The molecule has 96 valence electrons. The molecule has 2 atom stereocenters. The van der Waals surface area contributed by atoms with Crippen LogP contribution in [0, 0.1) is 5.92 Å². The van der Waals surface area contributed by atoms with Gasteiger partial charge in [0.15, 0.2) is 0 Å². The van der Waals surface area contributed by atoms with Crippen molar-refractivity contribution >= 4 is 6.09 Å². The molecule has 1 heterocycles. The molecule has 1 rings (SSSR count). The van der Waals surface area contributed by atoms with Crippen molar-refractivity contribution in [2.24, 2.45) is 5.92 Å². The molecule has 0 unspecified atom stereocenters. The molecule has 0 aliphatic carbocycles. The minimum absolute atomic E-state index is 0.0810. The summed E-state index contributed by atoms with van der Waals surface area (Å²) in [6, 6.07) is 0. The number of nitrogens with zero attached hydrogens (tertiary/aromatic N) is 1. The zero-order chi connectivity index (χ0) is 12.9. The van der Waals surface area contributed by atoms with E-state index in [1.807, 2.05) is 13.8 Å². The number of hydrogen-bond donors (Lipinski definition) is 0. The van der Waals surface area contributed by atoms with E-state index in [0.717, 1.165) is 0 Å². The topological polar surface area (TPSA) is 29.5 Å². The molecular formula is C12H24FNO2. The Kier molecular flexibility index (Phi) is 5.76. The summed E-state index contributed by atoms with van der Waals surface area (Å²) in [7, 11) is 0. The highest BCUT2D eigenvalue weighted by Gasteiger charge is 2.34. The molecule has 16 heavy (non-hydrogen) atoms. The van der Waals surface area contributed by atoms with Crippen LogP contribution in [0.1, 0.15) is 41.5 Å². The van der Waals surface area contributed by atoms with Crippen molar-refractivity contribution in [2.75, 3.05) is 13.1 Å². The second-order valence-corrected chi connectivity index (χ2v) is 4.88. The predicted molar refractivity (Wildman–Crippen MR) is 63.2 cm³/mol. The molecule has 0 N–H and O–H groups in total. The van der Waals surface area contributed by atoms with E-state index in [2.05, 4.69) is 0 Å². The van der Waals surface area contributed by atoms with E-state index < -0.39 is 17.9 Å². The lowest BCUT2D eigenvalue weighted by atomic mass is 10.1.